The van der Waals surface area contributed by atoms with Crippen molar-refractivity contribution in [3.8, 4) is 5.75 Å². The molecule has 0 aliphatic heterocycles. The number of aromatic hydroxyl groups is 1. The summed E-state index contributed by atoms with van der Waals surface area (Å²) in [7, 11) is 0. The highest BCUT2D eigenvalue weighted by Crippen LogP contribution is 2.23. The maximum absolute atomic E-state index is 13.6. The van der Waals surface area contributed by atoms with Crippen LogP contribution < -0.4 is 5.32 Å². The van der Waals surface area contributed by atoms with Crippen LogP contribution in [0.1, 0.15) is 10.4 Å². The summed E-state index contributed by atoms with van der Waals surface area (Å²) < 4.78 is 14.5. The predicted octanol–water partition coefficient (Wildman–Crippen LogP) is 3.39. The molecule has 0 fully saturated rings. The lowest BCUT2D eigenvalue weighted by Gasteiger charge is -2.06. The zero-order valence-corrected chi connectivity index (χ0v) is 10.9. The Bertz CT molecular complexity index is 801. The summed E-state index contributed by atoms with van der Waals surface area (Å²) in [4.78, 5) is 16.1. The molecule has 1 aromatic heterocycles. The Morgan fingerprint density at radius 3 is 2.90 bits per heavy atom. The first-order valence-electron chi connectivity index (χ1n) is 5.76. The highest BCUT2D eigenvalue weighted by Gasteiger charge is 2.12. The van der Waals surface area contributed by atoms with Crippen LogP contribution in [0.15, 0.2) is 41.9 Å². The molecule has 0 saturated heterocycles. The van der Waals surface area contributed by atoms with E-state index in [4.69, 9.17) is 5.11 Å². The molecular weight excluding hydrogens is 279 g/mol. The van der Waals surface area contributed by atoms with Crippen LogP contribution in [-0.2, 0) is 0 Å². The van der Waals surface area contributed by atoms with Gasteiger partial charge in [-0.25, -0.2) is 9.37 Å². The van der Waals surface area contributed by atoms with Gasteiger partial charge in [0.1, 0.15) is 11.6 Å². The highest BCUT2D eigenvalue weighted by atomic mass is 32.1. The second-order valence-electron chi connectivity index (χ2n) is 4.15. The van der Waals surface area contributed by atoms with Gasteiger partial charge in [0, 0.05) is 11.8 Å². The summed E-state index contributed by atoms with van der Waals surface area (Å²) in [6.45, 7) is 0. The van der Waals surface area contributed by atoms with Crippen molar-refractivity contribution in [2.75, 3.05) is 5.32 Å². The molecule has 4 nitrogen and oxygen atoms in total. The predicted molar refractivity (Wildman–Crippen MR) is 75.6 cm³/mol. The summed E-state index contributed by atoms with van der Waals surface area (Å²) in [5.41, 5.74) is 3.02. The molecule has 0 bridgehead atoms. The van der Waals surface area contributed by atoms with Crippen LogP contribution in [-0.4, -0.2) is 16.0 Å². The van der Waals surface area contributed by atoms with Crippen LogP contribution in [0.2, 0.25) is 0 Å². The van der Waals surface area contributed by atoms with Gasteiger partial charge in [-0.2, -0.15) is 0 Å². The van der Waals surface area contributed by atoms with E-state index in [0.717, 1.165) is 16.3 Å². The molecule has 1 amide bonds. The van der Waals surface area contributed by atoms with Crippen LogP contribution in [0.3, 0.4) is 0 Å². The first-order valence-corrected chi connectivity index (χ1v) is 6.64. The molecule has 0 saturated carbocycles. The fourth-order valence-electron chi connectivity index (χ4n) is 1.82. The monoisotopic (exact) mass is 288 g/mol. The summed E-state index contributed by atoms with van der Waals surface area (Å²) >= 11 is 1.46. The number of hydrogen-bond acceptors (Lipinski definition) is 4. The molecule has 20 heavy (non-hydrogen) atoms. The van der Waals surface area contributed by atoms with E-state index < -0.39 is 11.7 Å². The fourth-order valence-corrected chi connectivity index (χ4v) is 2.54. The molecule has 3 aromatic rings. The first kappa shape index (κ1) is 12.6. The minimum absolute atomic E-state index is 0.118. The smallest absolute Gasteiger partial charge is 0.258 e. The van der Waals surface area contributed by atoms with Gasteiger partial charge in [0.05, 0.1) is 21.3 Å². The number of thiazole rings is 1. The van der Waals surface area contributed by atoms with Gasteiger partial charge in [-0.1, -0.05) is 0 Å². The molecule has 100 valence electrons. The molecule has 0 aliphatic carbocycles. The number of nitrogens with one attached hydrogen (secondary N) is 1. The average Bonchev–Trinajstić information content (AvgIpc) is 2.85. The third-order valence-corrected chi connectivity index (χ3v) is 3.58. The number of carbonyl (C=O) groups is 1. The number of halogens is 1. The molecule has 0 radical (unpaired) electrons. The van der Waals surface area contributed by atoms with Crippen molar-refractivity contribution < 1.29 is 14.3 Å². The standard InChI is InChI=1S/C14H9FN2O2S/c15-11-6-9(18)2-3-10(11)14(19)17-8-1-4-12-13(5-8)20-7-16-12/h1-7,18H,(H,17,19). The second kappa shape index (κ2) is 4.90. The Morgan fingerprint density at radius 1 is 1.25 bits per heavy atom. The molecular formula is C14H9FN2O2S. The van der Waals surface area contributed by atoms with Gasteiger partial charge in [-0.3, -0.25) is 4.79 Å². The molecule has 0 unspecified atom stereocenters. The number of nitrogens with zero attached hydrogens (tertiary/aromatic N) is 1. The number of carbonyl (C=O) groups excluding carboxylic acids is 1. The Morgan fingerprint density at radius 2 is 2.10 bits per heavy atom. The van der Waals surface area contributed by atoms with Crippen molar-refractivity contribution in [1.82, 2.24) is 4.98 Å². The third kappa shape index (κ3) is 2.33. The van der Waals surface area contributed by atoms with Crippen molar-refractivity contribution in [2.24, 2.45) is 0 Å². The normalized spacial score (nSPS) is 10.7. The molecule has 0 spiro atoms. The summed E-state index contributed by atoms with van der Waals surface area (Å²) in [6.07, 6.45) is 0. The summed E-state index contributed by atoms with van der Waals surface area (Å²) in [5.74, 6) is -1.54. The summed E-state index contributed by atoms with van der Waals surface area (Å²) in [5, 5.41) is 11.7. The minimum Gasteiger partial charge on any atom is -0.508 e. The van der Waals surface area contributed by atoms with E-state index in [1.807, 2.05) is 0 Å². The lowest BCUT2D eigenvalue weighted by Crippen LogP contribution is -2.13. The fraction of sp³-hybridized carbons (Fsp3) is 0. The number of fused-ring (bicyclic) bond motifs is 1. The molecule has 2 aromatic carbocycles. The van der Waals surface area contributed by atoms with Gasteiger partial charge in [0.15, 0.2) is 0 Å². The second-order valence-corrected chi connectivity index (χ2v) is 5.04. The quantitative estimate of drug-likeness (QED) is 0.759. The molecule has 1 heterocycles. The van der Waals surface area contributed by atoms with Gasteiger partial charge in [-0.05, 0) is 30.3 Å². The number of rotatable bonds is 2. The topological polar surface area (TPSA) is 62.2 Å². The van der Waals surface area contributed by atoms with E-state index in [1.165, 1.54) is 23.5 Å². The number of amides is 1. The molecule has 2 N–H and O–H groups in total. The van der Waals surface area contributed by atoms with Crippen LogP contribution in [0, 0.1) is 5.82 Å². The van der Waals surface area contributed by atoms with Crippen LogP contribution >= 0.6 is 11.3 Å². The van der Waals surface area contributed by atoms with Gasteiger partial charge >= 0.3 is 0 Å². The number of hydrogen-bond donors (Lipinski definition) is 2. The van der Waals surface area contributed by atoms with Crippen LogP contribution in [0.5, 0.6) is 5.75 Å². The lowest BCUT2D eigenvalue weighted by molar-refractivity contribution is 0.102. The zero-order valence-electron chi connectivity index (χ0n) is 10.1. The van der Waals surface area contributed by atoms with E-state index >= 15 is 0 Å². The molecule has 0 aliphatic rings. The molecule has 3 rings (SSSR count). The van der Waals surface area contributed by atoms with Crippen LogP contribution in [0.4, 0.5) is 10.1 Å². The first-order chi connectivity index (χ1) is 9.63. The van der Waals surface area contributed by atoms with Crippen molar-refractivity contribution in [3.05, 3.63) is 53.3 Å². The van der Waals surface area contributed by atoms with Crippen molar-refractivity contribution in [1.29, 1.82) is 0 Å². The Balaban J connectivity index is 1.87. The highest BCUT2D eigenvalue weighted by molar-refractivity contribution is 7.16. The third-order valence-electron chi connectivity index (χ3n) is 2.79. The van der Waals surface area contributed by atoms with E-state index in [0.29, 0.717) is 5.69 Å². The van der Waals surface area contributed by atoms with E-state index in [2.05, 4.69) is 10.3 Å². The Hall–Kier alpha value is -2.47. The van der Waals surface area contributed by atoms with Gasteiger partial charge in [0.2, 0.25) is 0 Å². The van der Waals surface area contributed by atoms with Gasteiger partial charge in [0.25, 0.3) is 5.91 Å². The number of phenolic OH excluding ortho intramolecular Hbond substituents is 1. The van der Waals surface area contributed by atoms with E-state index in [9.17, 15) is 9.18 Å². The number of aromatic nitrogens is 1. The van der Waals surface area contributed by atoms with Gasteiger partial charge in [-0.15, -0.1) is 11.3 Å². The Kier molecular flexibility index (Phi) is 3.08. The summed E-state index contributed by atoms with van der Waals surface area (Å²) in [6, 6.07) is 8.69. The van der Waals surface area contributed by atoms with Crippen molar-refractivity contribution >= 4 is 33.1 Å². The maximum Gasteiger partial charge on any atom is 0.258 e. The number of phenols is 1. The van der Waals surface area contributed by atoms with E-state index in [1.54, 1.807) is 23.7 Å². The lowest BCUT2D eigenvalue weighted by atomic mass is 10.2. The molecule has 6 heteroatoms. The number of benzene rings is 2. The number of anilines is 1. The SMILES string of the molecule is O=C(Nc1ccc2ncsc2c1)c1ccc(O)cc1F. The zero-order chi connectivity index (χ0) is 14.1. The average molecular weight is 288 g/mol. The minimum atomic E-state index is -0.763. The molecule has 0 atom stereocenters. The van der Waals surface area contributed by atoms with Crippen molar-refractivity contribution in [3.63, 3.8) is 0 Å². The Labute approximate surface area is 117 Å². The van der Waals surface area contributed by atoms with E-state index in [-0.39, 0.29) is 11.3 Å². The van der Waals surface area contributed by atoms with Crippen LogP contribution in [0.25, 0.3) is 10.2 Å². The van der Waals surface area contributed by atoms with Gasteiger partial charge < -0.3 is 10.4 Å². The maximum atomic E-state index is 13.6. The largest absolute Gasteiger partial charge is 0.508 e. The van der Waals surface area contributed by atoms with Crippen molar-refractivity contribution in [2.45, 2.75) is 0 Å².